The zero-order valence-electron chi connectivity index (χ0n) is 8.25. The third-order valence-corrected chi connectivity index (χ3v) is 1.94. The summed E-state index contributed by atoms with van der Waals surface area (Å²) in [6.07, 6.45) is 4.05. The number of hydrogen-bond donors (Lipinski definition) is 2. The van der Waals surface area contributed by atoms with E-state index in [1.165, 1.54) is 6.42 Å². The molecule has 0 amide bonds. The van der Waals surface area contributed by atoms with Crippen molar-refractivity contribution in [1.29, 1.82) is 0 Å². The van der Waals surface area contributed by atoms with Crippen LogP contribution in [-0.4, -0.2) is 11.0 Å². The topological polar surface area (TPSA) is 50.9 Å². The summed E-state index contributed by atoms with van der Waals surface area (Å²) in [5, 5.41) is 3.27. The quantitative estimate of drug-likeness (QED) is 0.745. The van der Waals surface area contributed by atoms with Crippen molar-refractivity contribution in [2.75, 3.05) is 11.1 Å². The molecule has 0 radical (unpaired) electrons. The molecule has 1 heterocycles. The molecule has 0 aliphatic heterocycles. The summed E-state index contributed by atoms with van der Waals surface area (Å²) in [5.41, 5.74) is 6.45. The molecule has 1 atom stereocenters. The third kappa shape index (κ3) is 2.93. The van der Waals surface area contributed by atoms with Gasteiger partial charge in [-0.15, -0.1) is 0 Å². The Labute approximate surface area is 79.4 Å². The van der Waals surface area contributed by atoms with Gasteiger partial charge in [0.25, 0.3) is 0 Å². The van der Waals surface area contributed by atoms with E-state index in [9.17, 15) is 0 Å². The Bertz CT molecular complexity index is 260. The lowest BCUT2D eigenvalue weighted by Crippen LogP contribution is -2.16. The number of rotatable bonds is 4. The van der Waals surface area contributed by atoms with E-state index in [1.807, 2.05) is 12.1 Å². The zero-order valence-corrected chi connectivity index (χ0v) is 8.25. The maximum atomic E-state index is 5.74. The molecule has 0 spiro atoms. The van der Waals surface area contributed by atoms with E-state index >= 15 is 0 Å². The summed E-state index contributed by atoms with van der Waals surface area (Å²) < 4.78 is 0. The minimum Gasteiger partial charge on any atom is -0.396 e. The molecule has 3 heteroatoms. The molecule has 1 aromatic heterocycles. The molecule has 1 rings (SSSR count). The van der Waals surface area contributed by atoms with Crippen LogP contribution in [0.15, 0.2) is 18.3 Å². The number of nitrogen functional groups attached to an aromatic ring is 1. The van der Waals surface area contributed by atoms with Crippen molar-refractivity contribution in [2.45, 2.75) is 32.7 Å². The summed E-state index contributed by atoms with van der Waals surface area (Å²) in [5.74, 6) is 0.795. The highest BCUT2D eigenvalue weighted by molar-refractivity contribution is 5.60. The predicted octanol–water partition coefficient (Wildman–Crippen LogP) is 2.26. The highest BCUT2D eigenvalue weighted by Gasteiger charge is 2.03. The Morgan fingerprint density at radius 3 is 3.00 bits per heavy atom. The number of pyridine rings is 1. The summed E-state index contributed by atoms with van der Waals surface area (Å²) in [7, 11) is 0. The number of hydrogen-bond acceptors (Lipinski definition) is 3. The minimum atomic E-state index is 0.433. The Balaban J connectivity index is 2.58. The standard InChI is InChI=1S/C10H17N3/c1-3-5-8(2)13-10-9(11)6-4-7-12-10/h4,6-8H,3,5,11H2,1-2H3,(H,12,13). The van der Waals surface area contributed by atoms with Crippen molar-refractivity contribution in [3.8, 4) is 0 Å². The smallest absolute Gasteiger partial charge is 0.149 e. The first kappa shape index (κ1) is 9.84. The van der Waals surface area contributed by atoms with Crippen LogP contribution < -0.4 is 11.1 Å². The van der Waals surface area contributed by atoms with E-state index in [4.69, 9.17) is 5.73 Å². The van der Waals surface area contributed by atoms with Gasteiger partial charge in [0.05, 0.1) is 5.69 Å². The number of aromatic nitrogens is 1. The molecule has 3 nitrogen and oxygen atoms in total. The van der Waals surface area contributed by atoms with Crippen LogP contribution in [0.4, 0.5) is 11.5 Å². The van der Waals surface area contributed by atoms with Crippen LogP contribution in [0.3, 0.4) is 0 Å². The summed E-state index contributed by atoms with van der Waals surface area (Å²) in [4.78, 5) is 4.16. The van der Waals surface area contributed by atoms with Gasteiger partial charge in [-0.3, -0.25) is 0 Å². The van der Waals surface area contributed by atoms with Crippen LogP contribution >= 0.6 is 0 Å². The number of nitrogens with one attached hydrogen (secondary N) is 1. The molecule has 0 bridgehead atoms. The van der Waals surface area contributed by atoms with E-state index in [0.717, 1.165) is 12.2 Å². The first-order valence-electron chi connectivity index (χ1n) is 4.71. The average molecular weight is 179 g/mol. The molecule has 1 aromatic rings. The Morgan fingerprint density at radius 1 is 1.62 bits per heavy atom. The van der Waals surface area contributed by atoms with Crippen LogP contribution in [0, 0.1) is 0 Å². The summed E-state index contributed by atoms with van der Waals surface area (Å²) in [6, 6.07) is 4.13. The Morgan fingerprint density at radius 2 is 2.38 bits per heavy atom. The molecule has 0 fully saturated rings. The molecule has 0 saturated carbocycles. The highest BCUT2D eigenvalue weighted by atomic mass is 15.0. The molecular formula is C10H17N3. The Hall–Kier alpha value is -1.25. The van der Waals surface area contributed by atoms with Gasteiger partial charge in [0.2, 0.25) is 0 Å². The highest BCUT2D eigenvalue weighted by Crippen LogP contribution is 2.15. The van der Waals surface area contributed by atoms with Gasteiger partial charge in [-0.05, 0) is 25.5 Å². The molecule has 0 aliphatic rings. The van der Waals surface area contributed by atoms with Crippen LogP contribution in [0.1, 0.15) is 26.7 Å². The lowest BCUT2D eigenvalue weighted by atomic mass is 10.2. The largest absolute Gasteiger partial charge is 0.396 e. The van der Waals surface area contributed by atoms with Gasteiger partial charge in [0.15, 0.2) is 0 Å². The fraction of sp³-hybridized carbons (Fsp3) is 0.500. The van der Waals surface area contributed by atoms with E-state index in [-0.39, 0.29) is 0 Å². The predicted molar refractivity (Wildman–Crippen MR) is 56.6 cm³/mol. The number of nitrogens with zero attached hydrogens (tertiary/aromatic N) is 1. The number of nitrogens with two attached hydrogens (primary N) is 1. The lowest BCUT2D eigenvalue weighted by Gasteiger charge is -2.14. The van der Waals surface area contributed by atoms with Gasteiger partial charge >= 0.3 is 0 Å². The van der Waals surface area contributed by atoms with Crippen molar-refractivity contribution in [2.24, 2.45) is 0 Å². The molecule has 0 aliphatic carbocycles. The second-order valence-electron chi connectivity index (χ2n) is 3.28. The van der Waals surface area contributed by atoms with Gasteiger partial charge in [-0.25, -0.2) is 4.98 Å². The van der Waals surface area contributed by atoms with Crippen LogP contribution in [0.25, 0.3) is 0 Å². The fourth-order valence-corrected chi connectivity index (χ4v) is 1.28. The first-order valence-corrected chi connectivity index (χ1v) is 4.71. The molecule has 0 saturated heterocycles. The van der Waals surface area contributed by atoms with Gasteiger partial charge < -0.3 is 11.1 Å². The minimum absolute atomic E-state index is 0.433. The van der Waals surface area contributed by atoms with Crippen LogP contribution in [0.2, 0.25) is 0 Å². The van der Waals surface area contributed by atoms with E-state index in [1.54, 1.807) is 6.20 Å². The van der Waals surface area contributed by atoms with Crippen molar-refractivity contribution in [3.63, 3.8) is 0 Å². The normalized spacial score (nSPS) is 12.5. The van der Waals surface area contributed by atoms with Gasteiger partial charge in [0.1, 0.15) is 5.82 Å². The zero-order chi connectivity index (χ0) is 9.68. The second kappa shape index (κ2) is 4.70. The van der Waals surface area contributed by atoms with Crippen molar-refractivity contribution < 1.29 is 0 Å². The third-order valence-electron chi connectivity index (χ3n) is 1.94. The maximum absolute atomic E-state index is 5.74. The number of anilines is 2. The SMILES string of the molecule is CCCC(C)Nc1ncccc1N. The second-order valence-corrected chi connectivity index (χ2v) is 3.28. The van der Waals surface area contributed by atoms with E-state index < -0.39 is 0 Å². The monoisotopic (exact) mass is 179 g/mol. The molecule has 0 aromatic carbocycles. The van der Waals surface area contributed by atoms with Crippen molar-refractivity contribution in [3.05, 3.63) is 18.3 Å². The lowest BCUT2D eigenvalue weighted by molar-refractivity contribution is 0.688. The molecule has 1 unspecified atom stereocenters. The average Bonchev–Trinajstić information content (AvgIpc) is 2.09. The van der Waals surface area contributed by atoms with Crippen LogP contribution in [-0.2, 0) is 0 Å². The van der Waals surface area contributed by atoms with Gasteiger partial charge in [-0.1, -0.05) is 13.3 Å². The van der Waals surface area contributed by atoms with Crippen LogP contribution in [0.5, 0.6) is 0 Å². The van der Waals surface area contributed by atoms with Crippen molar-refractivity contribution >= 4 is 11.5 Å². The molecular weight excluding hydrogens is 162 g/mol. The summed E-state index contributed by atoms with van der Waals surface area (Å²) in [6.45, 7) is 4.30. The summed E-state index contributed by atoms with van der Waals surface area (Å²) >= 11 is 0. The van der Waals surface area contributed by atoms with E-state index in [2.05, 4.69) is 24.1 Å². The van der Waals surface area contributed by atoms with Crippen molar-refractivity contribution in [1.82, 2.24) is 4.98 Å². The fourth-order valence-electron chi connectivity index (χ4n) is 1.28. The maximum Gasteiger partial charge on any atom is 0.149 e. The van der Waals surface area contributed by atoms with Gasteiger partial charge in [0, 0.05) is 12.2 Å². The van der Waals surface area contributed by atoms with Gasteiger partial charge in [-0.2, -0.15) is 0 Å². The Kier molecular flexibility index (Phi) is 3.55. The van der Waals surface area contributed by atoms with E-state index in [0.29, 0.717) is 11.7 Å². The first-order chi connectivity index (χ1) is 6.24. The molecule has 3 N–H and O–H groups in total. The molecule has 13 heavy (non-hydrogen) atoms. The molecule has 72 valence electrons.